The Hall–Kier alpha value is -0.520. The molecule has 13 heavy (non-hydrogen) atoms. The summed E-state index contributed by atoms with van der Waals surface area (Å²) in [5.74, 6) is 1.70. The molecule has 2 unspecified atom stereocenters. The molecule has 0 bridgehead atoms. The molecule has 0 radical (unpaired) electrons. The molecule has 0 amide bonds. The molecule has 2 rings (SSSR count). The highest BCUT2D eigenvalue weighted by molar-refractivity contribution is 5.10. The van der Waals surface area contributed by atoms with Crippen LogP contribution in [0.25, 0.3) is 0 Å². The van der Waals surface area contributed by atoms with Gasteiger partial charge in [-0.05, 0) is 42.9 Å². The summed E-state index contributed by atoms with van der Waals surface area (Å²) in [6.07, 6.45) is 14.8. The summed E-state index contributed by atoms with van der Waals surface area (Å²) < 4.78 is 0. The van der Waals surface area contributed by atoms with Crippen molar-refractivity contribution < 1.29 is 0 Å². The first-order chi connectivity index (χ1) is 6.22. The molecule has 2 aliphatic carbocycles. The Morgan fingerprint density at radius 3 is 2.46 bits per heavy atom. The maximum atomic E-state index is 2.47. The van der Waals surface area contributed by atoms with Gasteiger partial charge >= 0.3 is 0 Å². The standard InChI is InChI=1S/C13H20/c1-11-7-3-4-8-12(11)13(2)9-5-6-10-13/h4-6,8,11-12H,3,7,9-10H2,1-2H3. The third kappa shape index (κ3) is 1.59. The molecule has 0 spiro atoms. The smallest absolute Gasteiger partial charge is 0.0148 e. The SMILES string of the molecule is CC1CCC=CC1C1(C)CC=CC1. The summed E-state index contributed by atoms with van der Waals surface area (Å²) in [6, 6.07) is 0. The van der Waals surface area contributed by atoms with Crippen molar-refractivity contribution in [1.82, 2.24) is 0 Å². The maximum absolute atomic E-state index is 2.47. The van der Waals surface area contributed by atoms with E-state index in [1.54, 1.807) is 0 Å². The minimum Gasteiger partial charge on any atom is -0.0882 e. The molecule has 0 aromatic rings. The van der Waals surface area contributed by atoms with Crippen molar-refractivity contribution >= 4 is 0 Å². The van der Waals surface area contributed by atoms with E-state index in [0.717, 1.165) is 11.8 Å². The second-order valence-corrected chi connectivity index (χ2v) is 5.04. The number of hydrogen-bond acceptors (Lipinski definition) is 0. The van der Waals surface area contributed by atoms with E-state index < -0.39 is 0 Å². The van der Waals surface area contributed by atoms with E-state index in [4.69, 9.17) is 0 Å². The van der Waals surface area contributed by atoms with Crippen molar-refractivity contribution in [2.24, 2.45) is 17.3 Å². The van der Waals surface area contributed by atoms with Gasteiger partial charge in [0, 0.05) is 0 Å². The summed E-state index contributed by atoms with van der Waals surface area (Å²) in [5.41, 5.74) is 0.538. The molecular weight excluding hydrogens is 156 g/mol. The zero-order chi connectivity index (χ0) is 9.31. The molecule has 0 fully saturated rings. The molecule has 0 aromatic carbocycles. The zero-order valence-corrected chi connectivity index (χ0v) is 8.79. The van der Waals surface area contributed by atoms with E-state index in [1.807, 2.05) is 0 Å². The highest BCUT2D eigenvalue weighted by Gasteiger charge is 2.36. The average molecular weight is 176 g/mol. The molecule has 0 saturated heterocycles. The minimum atomic E-state index is 0.538. The first-order valence-electron chi connectivity index (χ1n) is 5.54. The third-order valence-corrected chi connectivity index (χ3v) is 3.88. The van der Waals surface area contributed by atoms with Crippen molar-refractivity contribution in [1.29, 1.82) is 0 Å². The number of rotatable bonds is 1. The van der Waals surface area contributed by atoms with Crippen molar-refractivity contribution in [2.75, 3.05) is 0 Å². The molecule has 2 aliphatic rings. The average Bonchev–Trinajstić information content (AvgIpc) is 2.54. The fourth-order valence-corrected chi connectivity index (χ4v) is 2.95. The van der Waals surface area contributed by atoms with Gasteiger partial charge in [0.05, 0.1) is 0 Å². The van der Waals surface area contributed by atoms with E-state index >= 15 is 0 Å². The molecule has 0 aliphatic heterocycles. The highest BCUT2D eigenvalue weighted by atomic mass is 14.4. The third-order valence-electron chi connectivity index (χ3n) is 3.88. The van der Waals surface area contributed by atoms with Crippen LogP contribution in [0.2, 0.25) is 0 Å². The summed E-state index contributed by atoms with van der Waals surface area (Å²) in [6.45, 7) is 4.86. The predicted octanol–water partition coefficient (Wildman–Crippen LogP) is 3.95. The summed E-state index contributed by atoms with van der Waals surface area (Å²) in [4.78, 5) is 0. The maximum Gasteiger partial charge on any atom is -0.0148 e. The van der Waals surface area contributed by atoms with E-state index in [9.17, 15) is 0 Å². The fourth-order valence-electron chi connectivity index (χ4n) is 2.95. The Morgan fingerprint density at radius 1 is 1.15 bits per heavy atom. The molecule has 0 saturated carbocycles. The Morgan fingerprint density at radius 2 is 1.85 bits per heavy atom. The van der Waals surface area contributed by atoms with E-state index in [2.05, 4.69) is 38.2 Å². The summed E-state index contributed by atoms with van der Waals surface area (Å²) in [7, 11) is 0. The van der Waals surface area contributed by atoms with Crippen molar-refractivity contribution in [3.05, 3.63) is 24.3 Å². The molecule has 72 valence electrons. The normalized spacial score (nSPS) is 36.8. The van der Waals surface area contributed by atoms with Gasteiger partial charge in [-0.3, -0.25) is 0 Å². The molecule has 0 nitrogen and oxygen atoms in total. The van der Waals surface area contributed by atoms with E-state index in [1.165, 1.54) is 25.7 Å². The van der Waals surface area contributed by atoms with Crippen LogP contribution in [0.3, 0.4) is 0 Å². The Labute approximate surface area is 81.7 Å². The van der Waals surface area contributed by atoms with Gasteiger partial charge in [0.15, 0.2) is 0 Å². The Bertz CT molecular complexity index is 226. The topological polar surface area (TPSA) is 0 Å². The van der Waals surface area contributed by atoms with Gasteiger partial charge in [-0.1, -0.05) is 38.2 Å². The van der Waals surface area contributed by atoms with Crippen LogP contribution in [0, 0.1) is 17.3 Å². The Kier molecular flexibility index (Phi) is 2.31. The van der Waals surface area contributed by atoms with Crippen molar-refractivity contribution in [3.8, 4) is 0 Å². The highest BCUT2D eigenvalue weighted by Crippen LogP contribution is 2.46. The molecular formula is C13H20. The van der Waals surface area contributed by atoms with Gasteiger partial charge in [-0.25, -0.2) is 0 Å². The second-order valence-electron chi connectivity index (χ2n) is 5.04. The van der Waals surface area contributed by atoms with Crippen LogP contribution >= 0.6 is 0 Å². The fraction of sp³-hybridized carbons (Fsp3) is 0.692. The molecule has 0 heterocycles. The van der Waals surface area contributed by atoms with Crippen LogP contribution < -0.4 is 0 Å². The Balaban J connectivity index is 2.14. The van der Waals surface area contributed by atoms with Gasteiger partial charge in [0.2, 0.25) is 0 Å². The predicted molar refractivity (Wildman–Crippen MR) is 57.5 cm³/mol. The first kappa shape index (κ1) is 9.05. The van der Waals surface area contributed by atoms with Crippen LogP contribution in [0.4, 0.5) is 0 Å². The lowest BCUT2D eigenvalue weighted by molar-refractivity contribution is 0.172. The minimum absolute atomic E-state index is 0.538. The molecule has 0 heteroatoms. The van der Waals surface area contributed by atoms with Gasteiger partial charge in [-0.2, -0.15) is 0 Å². The van der Waals surface area contributed by atoms with E-state index in [0.29, 0.717) is 5.41 Å². The second kappa shape index (κ2) is 3.32. The van der Waals surface area contributed by atoms with Crippen LogP contribution in [0.15, 0.2) is 24.3 Å². The van der Waals surface area contributed by atoms with Crippen LogP contribution in [-0.2, 0) is 0 Å². The summed E-state index contributed by atoms with van der Waals surface area (Å²) >= 11 is 0. The monoisotopic (exact) mass is 176 g/mol. The van der Waals surface area contributed by atoms with Crippen LogP contribution in [0.5, 0.6) is 0 Å². The lowest BCUT2D eigenvalue weighted by Gasteiger charge is -2.38. The molecule has 2 atom stereocenters. The van der Waals surface area contributed by atoms with Crippen molar-refractivity contribution in [3.63, 3.8) is 0 Å². The van der Waals surface area contributed by atoms with Gasteiger partial charge in [0.25, 0.3) is 0 Å². The number of allylic oxidation sites excluding steroid dienone is 4. The largest absolute Gasteiger partial charge is 0.0882 e. The molecule has 0 N–H and O–H groups in total. The first-order valence-corrected chi connectivity index (χ1v) is 5.54. The lowest BCUT2D eigenvalue weighted by Crippen LogP contribution is -2.29. The lowest BCUT2D eigenvalue weighted by atomic mass is 9.67. The van der Waals surface area contributed by atoms with Crippen molar-refractivity contribution in [2.45, 2.75) is 39.5 Å². The zero-order valence-electron chi connectivity index (χ0n) is 8.79. The van der Waals surface area contributed by atoms with Crippen LogP contribution in [-0.4, -0.2) is 0 Å². The van der Waals surface area contributed by atoms with Gasteiger partial charge in [0.1, 0.15) is 0 Å². The van der Waals surface area contributed by atoms with Crippen LogP contribution in [0.1, 0.15) is 39.5 Å². The van der Waals surface area contributed by atoms with E-state index in [-0.39, 0.29) is 0 Å². The number of hydrogen-bond donors (Lipinski definition) is 0. The van der Waals surface area contributed by atoms with Gasteiger partial charge < -0.3 is 0 Å². The summed E-state index contributed by atoms with van der Waals surface area (Å²) in [5, 5.41) is 0. The quantitative estimate of drug-likeness (QED) is 0.531. The molecule has 0 aromatic heterocycles. The van der Waals surface area contributed by atoms with Gasteiger partial charge in [-0.15, -0.1) is 0 Å².